The topological polar surface area (TPSA) is 122 Å². The molecule has 272 valence electrons. The predicted molar refractivity (Wildman–Crippen MR) is 177 cm³/mol. The summed E-state index contributed by atoms with van der Waals surface area (Å²) in [5.41, 5.74) is -1.91. The third-order valence-corrected chi connectivity index (χ3v) is 15.1. The number of rotatable bonds is 9. The zero-order valence-corrected chi connectivity index (χ0v) is 29.9. The summed E-state index contributed by atoms with van der Waals surface area (Å²) >= 11 is 0. The van der Waals surface area contributed by atoms with Gasteiger partial charge in [-0.25, -0.2) is 9.69 Å². The Hall–Kier alpha value is -2.45. The van der Waals surface area contributed by atoms with Crippen LogP contribution < -0.4 is 4.90 Å². The minimum Gasteiger partial charge on any atom is -0.461 e. The van der Waals surface area contributed by atoms with Crippen LogP contribution in [0.5, 0.6) is 0 Å². The summed E-state index contributed by atoms with van der Waals surface area (Å²) in [6, 6.07) is 6.72. The fourth-order valence-corrected chi connectivity index (χ4v) is 13.9. The Morgan fingerprint density at radius 2 is 1.84 bits per heavy atom. The number of methoxy groups -OCH3 is 4. The lowest BCUT2D eigenvalue weighted by Gasteiger charge is -2.70. The smallest absolute Gasteiger partial charge is 0.340 e. The van der Waals surface area contributed by atoms with Crippen molar-refractivity contribution in [2.45, 2.75) is 87.6 Å². The quantitative estimate of drug-likeness (QED) is 0.280. The molecule has 8 fully saturated rings. The molecule has 3 saturated heterocycles. The van der Waals surface area contributed by atoms with E-state index in [0.717, 1.165) is 30.7 Å². The van der Waals surface area contributed by atoms with Gasteiger partial charge in [-0.3, -0.25) is 14.5 Å². The van der Waals surface area contributed by atoms with Gasteiger partial charge in [0.15, 0.2) is 0 Å². The highest BCUT2D eigenvalue weighted by molar-refractivity contribution is 6.22. The van der Waals surface area contributed by atoms with E-state index in [2.05, 4.69) is 11.8 Å². The molecule has 3 aliphatic heterocycles. The first-order valence-electron chi connectivity index (χ1n) is 18.4. The Balaban J connectivity index is 1.16. The number of para-hydroxylation sites is 1. The largest absolute Gasteiger partial charge is 0.461 e. The van der Waals surface area contributed by atoms with Crippen LogP contribution >= 0.6 is 0 Å². The number of imide groups is 1. The average molecular weight is 695 g/mol. The van der Waals surface area contributed by atoms with Crippen molar-refractivity contribution in [3.8, 4) is 0 Å². The van der Waals surface area contributed by atoms with E-state index in [4.69, 9.17) is 33.2 Å². The molecule has 1 aromatic rings. The highest BCUT2D eigenvalue weighted by Gasteiger charge is 2.94. The van der Waals surface area contributed by atoms with Crippen molar-refractivity contribution >= 4 is 23.5 Å². The molecule has 0 N–H and O–H groups in total. The summed E-state index contributed by atoms with van der Waals surface area (Å²) in [6.07, 6.45) is 2.77. The number of likely N-dealkylation sites (tertiary alicyclic amines) is 1. The first kappa shape index (κ1) is 33.4. The van der Waals surface area contributed by atoms with E-state index < -0.39 is 33.9 Å². The first-order valence-corrected chi connectivity index (χ1v) is 18.4. The zero-order valence-electron chi connectivity index (χ0n) is 29.9. The number of esters is 1. The van der Waals surface area contributed by atoms with Crippen molar-refractivity contribution in [1.29, 1.82) is 0 Å². The number of benzene rings is 1. The highest BCUT2D eigenvalue weighted by atomic mass is 16.7. The van der Waals surface area contributed by atoms with E-state index in [1.54, 1.807) is 45.4 Å². The number of piperidine rings is 1. The van der Waals surface area contributed by atoms with Crippen molar-refractivity contribution in [1.82, 2.24) is 4.90 Å². The van der Waals surface area contributed by atoms with Gasteiger partial charge in [0.1, 0.15) is 18.0 Å². The lowest BCUT2D eigenvalue weighted by molar-refractivity contribution is -0.286. The molecule has 2 amide bonds. The molecule has 1 aromatic carbocycles. The van der Waals surface area contributed by atoms with Gasteiger partial charge in [0.2, 0.25) is 11.8 Å². The molecule has 8 aliphatic rings. The number of hydrogen-bond donors (Lipinski definition) is 0. The summed E-state index contributed by atoms with van der Waals surface area (Å²) in [6.45, 7) is 5.73. The molecule has 12 heteroatoms. The van der Waals surface area contributed by atoms with Gasteiger partial charge in [-0.1, -0.05) is 26.0 Å². The standard InChI is InChI=1S/C38H50N2O10/c1-7-39-17-35(18-48-33(43)21-10-8-9-11-24(21)40-27(41)14-20(2)32(40)42)13-12-26(45-4)37-23-15-22-25(44-3)16-36(28(23)29(22)46-5)38(34(37)39,50-19-49-36)31(47-6)30(35)37/h8-11,20,22-23,25-26,28-31,34H,7,12-19H2,1-6H3/t20?,22-,23?,25?,26?,28?,29+,30?,31?,34?,35+,36-,37+,38+/m1/s1. The molecule has 12 nitrogen and oxygen atoms in total. The lowest BCUT2D eigenvalue weighted by atomic mass is 9.42. The summed E-state index contributed by atoms with van der Waals surface area (Å²) in [5.74, 6) is -1.22. The number of fused-ring (bicyclic) bond motifs is 1. The van der Waals surface area contributed by atoms with E-state index in [9.17, 15) is 14.4 Å². The van der Waals surface area contributed by atoms with Crippen LogP contribution in [0.4, 0.5) is 5.69 Å². The second-order valence-corrected chi connectivity index (χ2v) is 16.3. The van der Waals surface area contributed by atoms with Crippen LogP contribution in [0.1, 0.15) is 56.3 Å². The molecule has 0 radical (unpaired) electrons. The third-order valence-electron chi connectivity index (χ3n) is 15.1. The molecule has 7 bridgehead atoms. The molecule has 5 saturated carbocycles. The monoisotopic (exact) mass is 694 g/mol. The summed E-state index contributed by atoms with van der Waals surface area (Å²) in [5, 5.41) is 0. The number of anilines is 1. The number of nitrogens with zero attached hydrogens (tertiary/aromatic N) is 2. The zero-order chi connectivity index (χ0) is 35.0. The van der Waals surface area contributed by atoms with Gasteiger partial charge in [-0.05, 0) is 43.9 Å². The van der Waals surface area contributed by atoms with E-state index in [1.807, 2.05) is 14.2 Å². The van der Waals surface area contributed by atoms with Crippen LogP contribution in [0, 0.1) is 40.4 Å². The van der Waals surface area contributed by atoms with Crippen molar-refractivity contribution in [2.24, 2.45) is 40.4 Å². The second kappa shape index (κ2) is 11.3. The molecule has 0 aromatic heterocycles. The van der Waals surface area contributed by atoms with E-state index in [0.29, 0.717) is 13.0 Å². The fraction of sp³-hybridized carbons (Fsp3) is 0.763. The molecule has 3 spiro atoms. The summed E-state index contributed by atoms with van der Waals surface area (Å²) in [4.78, 5) is 43.8. The number of carbonyl (C=O) groups excluding carboxylic acids is 3. The van der Waals surface area contributed by atoms with Crippen LogP contribution in [0.15, 0.2) is 24.3 Å². The molecular weight excluding hydrogens is 644 g/mol. The molecule has 14 atom stereocenters. The highest BCUT2D eigenvalue weighted by Crippen LogP contribution is 2.82. The van der Waals surface area contributed by atoms with Gasteiger partial charge in [0.25, 0.3) is 0 Å². The molecule has 50 heavy (non-hydrogen) atoms. The van der Waals surface area contributed by atoms with Crippen molar-refractivity contribution in [3.05, 3.63) is 29.8 Å². The van der Waals surface area contributed by atoms with E-state index in [-0.39, 0.29) is 97.0 Å². The number of amides is 2. The predicted octanol–water partition coefficient (Wildman–Crippen LogP) is 3.05. The first-order chi connectivity index (χ1) is 24.1. The maximum Gasteiger partial charge on any atom is 0.340 e. The Morgan fingerprint density at radius 3 is 2.52 bits per heavy atom. The van der Waals surface area contributed by atoms with Gasteiger partial charge in [-0.2, -0.15) is 0 Å². The molecular formula is C38H50N2O10. The molecule has 5 aliphatic carbocycles. The Kier molecular flexibility index (Phi) is 7.53. The number of carbonyl (C=O) groups is 3. The van der Waals surface area contributed by atoms with Crippen molar-refractivity contribution in [2.75, 3.05) is 59.8 Å². The van der Waals surface area contributed by atoms with Gasteiger partial charge < -0.3 is 33.2 Å². The maximum atomic E-state index is 14.2. The summed E-state index contributed by atoms with van der Waals surface area (Å²) < 4.78 is 46.5. The van der Waals surface area contributed by atoms with Crippen LogP contribution in [-0.2, 0) is 42.7 Å². The lowest BCUT2D eigenvalue weighted by Crippen LogP contribution is -2.81. The average Bonchev–Trinajstić information content (AvgIpc) is 3.78. The van der Waals surface area contributed by atoms with Crippen LogP contribution in [-0.4, -0.2) is 119 Å². The van der Waals surface area contributed by atoms with Crippen molar-refractivity contribution in [3.63, 3.8) is 0 Å². The van der Waals surface area contributed by atoms with E-state index >= 15 is 0 Å². The number of ether oxygens (including phenoxy) is 7. The minimum atomic E-state index is -0.820. The van der Waals surface area contributed by atoms with E-state index in [1.165, 1.54) is 0 Å². The van der Waals surface area contributed by atoms with Gasteiger partial charge in [-0.15, -0.1) is 0 Å². The Bertz CT molecular complexity index is 1610. The third kappa shape index (κ3) is 3.64. The maximum absolute atomic E-state index is 14.2. The number of hydrogen-bond acceptors (Lipinski definition) is 11. The van der Waals surface area contributed by atoms with Crippen molar-refractivity contribution < 1.29 is 47.5 Å². The second-order valence-electron chi connectivity index (χ2n) is 16.3. The molecule has 3 heterocycles. The Labute approximate surface area is 293 Å². The minimum absolute atomic E-state index is 0.0457. The summed E-state index contributed by atoms with van der Waals surface area (Å²) in [7, 11) is 7.24. The normalized spacial score (nSPS) is 48.3. The molecule has 9 rings (SSSR count). The van der Waals surface area contributed by atoms with Crippen LogP contribution in [0.2, 0.25) is 0 Å². The van der Waals surface area contributed by atoms with Gasteiger partial charge in [0.05, 0.1) is 48.3 Å². The SMILES string of the molecule is CCN1C[C@]2(COC(=O)c3ccccc3N3C(=O)CC(C)C3=O)CCC(OC)[C@@]34C5C[C@@H]6C(OC)C[C@@]7(OCO[C@@]7(C(OC)C23)C14)C5[C@H]6OC. The van der Waals surface area contributed by atoms with Gasteiger partial charge >= 0.3 is 5.97 Å². The Morgan fingerprint density at radius 1 is 1.04 bits per heavy atom. The van der Waals surface area contributed by atoms with Crippen LogP contribution in [0.3, 0.4) is 0 Å². The fourth-order valence-electron chi connectivity index (χ4n) is 13.9. The number of likely N-dealkylation sites (N-methyl/N-ethyl adjacent to an activating group) is 1. The van der Waals surface area contributed by atoms with Gasteiger partial charge in [0, 0.05) is 82.3 Å². The van der Waals surface area contributed by atoms with Crippen LogP contribution in [0.25, 0.3) is 0 Å². The molecule has 8 unspecified atom stereocenters.